The molecule has 8 heteroatoms. The molecule has 1 aliphatic rings. The summed E-state index contributed by atoms with van der Waals surface area (Å²) >= 11 is 0. The third-order valence-corrected chi connectivity index (χ3v) is 4.57. The van der Waals surface area contributed by atoms with E-state index in [2.05, 4.69) is 20.6 Å². The Balaban J connectivity index is 1.32. The van der Waals surface area contributed by atoms with E-state index in [-0.39, 0.29) is 25.4 Å². The molecule has 0 aliphatic carbocycles. The number of imide groups is 1. The van der Waals surface area contributed by atoms with Crippen molar-refractivity contribution in [1.82, 2.24) is 25.5 Å². The van der Waals surface area contributed by atoms with Crippen LogP contribution in [0.5, 0.6) is 0 Å². The lowest BCUT2D eigenvalue weighted by atomic mass is 10.1. The molecule has 0 spiro atoms. The minimum Gasteiger partial charge on any atom is -0.349 e. The second kappa shape index (κ2) is 7.51. The van der Waals surface area contributed by atoms with Gasteiger partial charge in [0.25, 0.3) is 5.91 Å². The Morgan fingerprint density at radius 1 is 1.07 bits per heavy atom. The van der Waals surface area contributed by atoms with Crippen molar-refractivity contribution >= 4 is 28.9 Å². The highest BCUT2D eigenvalue weighted by atomic mass is 16.2. The van der Waals surface area contributed by atoms with E-state index >= 15 is 0 Å². The summed E-state index contributed by atoms with van der Waals surface area (Å²) in [5.41, 5.74) is 2.56. The maximum atomic E-state index is 12.5. The summed E-state index contributed by atoms with van der Waals surface area (Å²) in [5.74, 6) is -0.101. The van der Waals surface area contributed by atoms with Crippen LogP contribution in [0.1, 0.15) is 17.8 Å². The monoisotopic (exact) mass is 377 g/mol. The highest BCUT2D eigenvalue weighted by Crippen LogP contribution is 2.14. The molecule has 142 valence electrons. The van der Waals surface area contributed by atoms with Crippen molar-refractivity contribution in [3.63, 3.8) is 0 Å². The number of nitrogens with one attached hydrogen (secondary N) is 3. The SMILES string of the molecule is O=C(CC1NC(=O)N(Cc2ccccc2)C1=O)NCc1nc2ccccc2[nH]1. The van der Waals surface area contributed by atoms with Crippen molar-refractivity contribution in [3.05, 3.63) is 66.0 Å². The van der Waals surface area contributed by atoms with Gasteiger partial charge in [0, 0.05) is 0 Å². The molecule has 0 radical (unpaired) electrons. The van der Waals surface area contributed by atoms with Crippen molar-refractivity contribution in [2.24, 2.45) is 0 Å². The maximum Gasteiger partial charge on any atom is 0.325 e. The molecule has 8 nitrogen and oxygen atoms in total. The summed E-state index contributed by atoms with van der Waals surface area (Å²) in [6.45, 7) is 0.401. The van der Waals surface area contributed by atoms with E-state index in [0.717, 1.165) is 21.5 Å². The van der Waals surface area contributed by atoms with Gasteiger partial charge in [0.1, 0.15) is 11.9 Å². The number of imidazole rings is 1. The molecule has 0 saturated carbocycles. The maximum absolute atomic E-state index is 12.5. The van der Waals surface area contributed by atoms with Gasteiger partial charge in [0.05, 0.1) is 30.5 Å². The van der Waals surface area contributed by atoms with Gasteiger partial charge in [0.2, 0.25) is 5.91 Å². The molecule has 1 atom stereocenters. The van der Waals surface area contributed by atoms with Crippen LogP contribution in [0.2, 0.25) is 0 Å². The molecule has 1 aliphatic heterocycles. The lowest BCUT2D eigenvalue weighted by molar-refractivity contribution is -0.131. The van der Waals surface area contributed by atoms with Crippen LogP contribution in [0.25, 0.3) is 11.0 Å². The quantitative estimate of drug-likeness (QED) is 0.568. The van der Waals surface area contributed by atoms with Gasteiger partial charge in [-0.15, -0.1) is 0 Å². The number of para-hydroxylation sites is 2. The van der Waals surface area contributed by atoms with Gasteiger partial charge >= 0.3 is 6.03 Å². The van der Waals surface area contributed by atoms with Gasteiger partial charge in [0.15, 0.2) is 0 Å². The first kappa shape index (κ1) is 17.7. The summed E-state index contributed by atoms with van der Waals surface area (Å²) in [7, 11) is 0. The third kappa shape index (κ3) is 3.71. The van der Waals surface area contributed by atoms with Gasteiger partial charge in [-0.05, 0) is 17.7 Å². The predicted octanol–water partition coefficient (Wildman–Crippen LogP) is 1.69. The summed E-state index contributed by atoms with van der Waals surface area (Å²) in [5, 5.41) is 5.31. The summed E-state index contributed by atoms with van der Waals surface area (Å²) in [6.07, 6.45) is -0.115. The zero-order valence-electron chi connectivity index (χ0n) is 15.0. The number of carbonyl (C=O) groups is 3. The Morgan fingerprint density at radius 3 is 2.61 bits per heavy atom. The summed E-state index contributed by atoms with van der Waals surface area (Å²) < 4.78 is 0. The van der Waals surface area contributed by atoms with E-state index in [1.165, 1.54) is 0 Å². The Labute approximate surface area is 160 Å². The molecular formula is C20H19N5O3. The van der Waals surface area contributed by atoms with Gasteiger partial charge in [-0.1, -0.05) is 42.5 Å². The Bertz CT molecular complexity index is 998. The van der Waals surface area contributed by atoms with Gasteiger partial charge in [-0.3, -0.25) is 14.5 Å². The van der Waals surface area contributed by atoms with Crippen LogP contribution in [0.3, 0.4) is 0 Å². The number of hydrogen-bond donors (Lipinski definition) is 3. The molecule has 1 fully saturated rings. The third-order valence-electron chi connectivity index (χ3n) is 4.57. The van der Waals surface area contributed by atoms with Crippen molar-refractivity contribution in [2.45, 2.75) is 25.6 Å². The van der Waals surface area contributed by atoms with E-state index < -0.39 is 18.0 Å². The van der Waals surface area contributed by atoms with Crippen LogP contribution in [0.4, 0.5) is 4.79 Å². The number of amides is 4. The first-order valence-corrected chi connectivity index (χ1v) is 8.96. The highest BCUT2D eigenvalue weighted by molar-refractivity contribution is 6.05. The first-order chi connectivity index (χ1) is 13.6. The molecule has 3 aromatic rings. The molecule has 1 saturated heterocycles. The van der Waals surface area contributed by atoms with Crippen LogP contribution in [0.15, 0.2) is 54.6 Å². The standard InChI is InChI=1S/C20H19N5O3/c26-18(21-11-17-22-14-8-4-5-9-15(14)23-17)10-16-19(27)25(20(28)24-16)12-13-6-2-1-3-7-13/h1-9,16H,10-12H2,(H,21,26)(H,22,23)(H,24,28). The zero-order chi connectivity index (χ0) is 19.5. The molecular weight excluding hydrogens is 358 g/mol. The second-order valence-corrected chi connectivity index (χ2v) is 6.59. The lowest BCUT2D eigenvalue weighted by Crippen LogP contribution is -2.36. The fourth-order valence-corrected chi connectivity index (χ4v) is 3.16. The number of aromatic amines is 1. The van der Waals surface area contributed by atoms with Crippen molar-refractivity contribution in [2.75, 3.05) is 0 Å². The van der Waals surface area contributed by atoms with Gasteiger partial charge < -0.3 is 15.6 Å². The Hall–Kier alpha value is -3.68. The van der Waals surface area contributed by atoms with E-state index in [1.54, 1.807) is 0 Å². The fraction of sp³-hybridized carbons (Fsp3) is 0.200. The van der Waals surface area contributed by atoms with Crippen LogP contribution in [-0.4, -0.2) is 38.8 Å². The number of urea groups is 1. The average Bonchev–Trinajstić information content (AvgIpc) is 3.23. The topological polar surface area (TPSA) is 107 Å². The van der Waals surface area contributed by atoms with E-state index in [4.69, 9.17) is 0 Å². The van der Waals surface area contributed by atoms with Crippen LogP contribution < -0.4 is 10.6 Å². The summed E-state index contributed by atoms with van der Waals surface area (Å²) in [6, 6.07) is 15.5. The molecule has 4 amide bonds. The number of hydrogen-bond acceptors (Lipinski definition) is 4. The van der Waals surface area contributed by atoms with Crippen LogP contribution in [-0.2, 0) is 22.7 Å². The Kier molecular flexibility index (Phi) is 4.76. The van der Waals surface area contributed by atoms with Crippen molar-refractivity contribution in [1.29, 1.82) is 0 Å². The molecule has 4 rings (SSSR count). The number of benzene rings is 2. The normalized spacial score (nSPS) is 16.4. The molecule has 2 heterocycles. The molecule has 0 bridgehead atoms. The van der Waals surface area contributed by atoms with E-state index in [0.29, 0.717) is 5.82 Å². The first-order valence-electron chi connectivity index (χ1n) is 8.96. The molecule has 1 unspecified atom stereocenters. The highest BCUT2D eigenvalue weighted by Gasteiger charge is 2.38. The van der Waals surface area contributed by atoms with Crippen molar-refractivity contribution < 1.29 is 14.4 Å². The van der Waals surface area contributed by atoms with E-state index in [1.807, 2.05) is 54.6 Å². The minimum absolute atomic E-state index is 0.115. The molecule has 1 aromatic heterocycles. The predicted molar refractivity (Wildman–Crippen MR) is 102 cm³/mol. The van der Waals surface area contributed by atoms with Crippen molar-refractivity contribution in [3.8, 4) is 0 Å². The molecule has 2 aromatic carbocycles. The number of fused-ring (bicyclic) bond motifs is 1. The number of rotatable bonds is 6. The van der Waals surface area contributed by atoms with Crippen LogP contribution >= 0.6 is 0 Å². The molecule has 28 heavy (non-hydrogen) atoms. The zero-order valence-corrected chi connectivity index (χ0v) is 15.0. The lowest BCUT2D eigenvalue weighted by Gasteiger charge is -2.13. The number of nitrogens with zero attached hydrogens (tertiary/aromatic N) is 2. The van der Waals surface area contributed by atoms with Crippen LogP contribution in [0, 0.1) is 0 Å². The Morgan fingerprint density at radius 2 is 1.82 bits per heavy atom. The number of aromatic nitrogens is 2. The minimum atomic E-state index is -0.855. The number of H-pyrrole nitrogens is 1. The number of carbonyl (C=O) groups excluding carboxylic acids is 3. The van der Waals surface area contributed by atoms with Gasteiger partial charge in [-0.25, -0.2) is 9.78 Å². The molecule has 3 N–H and O–H groups in total. The smallest absolute Gasteiger partial charge is 0.325 e. The fourth-order valence-electron chi connectivity index (χ4n) is 3.16. The average molecular weight is 377 g/mol. The van der Waals surface area contributed by atoms with Gasteiger partial charge in [-0.2, -0.15) is 0 Å². The largest absolute Gasteiger partial charge is 0.349 e. The second-order valence-electron chi connectivity index (χ2n) is 6.59. The van der Waals surface area contributed by atoms with E-state index in [9.17, 15) is 14.4 Å². The summed E-state index contributed by atoms with van der Waals surface area (Å²) in [4.78, 5) is 45.5.